The number of nitro groups is 1. The Labute approximate surface area is 185 Å². The fraction of sp³-hybridized carbons (Fsp3) is 0. The number of carbonyl (C=O) groups is 1. The zero-order chi connectivity index (χ0) is 24.2. The summed E-state index contributed by atoms with van der Waals surface area (Å²) in [5.41, 5.74) is -0.530. The summed E-state index contributed by atoms with van der Waals surface area (Å²) in [6.07, 6.45) is 0. The van der Waals surface area contributed by atoms with Crippen molar-refractivity contribution in [3.63, 3.8) is 0 Å². The summed E-state index contributed by atoms with van der Waals surface area (Å²) in [4.78, 5) is 21.2. The van der Waals surface area contributed by atoms with Gasteiger partial charge in [-0.3, -0.25) is 14.7 Å². The molecule has 0 heterocycles. The first kappa shape index (κ1) is 23.1. The van der Waals surface area contributed by atoms with Crippen molar-refractivity contribution in [2.45, 2.75) is 4.90 Å². The molecule has 168 valence electrons. The number of non-ortho nitro benzene ring substituents is 1. The van der Waals surface area contributed by atoms with Crippen molar-refractivity contribution < 1.29 is 32.9 Å². The number of hydrogen-bond acceptors (Lipinski definition) is 10. The van der Waals surface area contributed by atoms with E-state index >= 15 is 0 Å². The van der Waals surface area contributed by atoms with Gasteiger partial charge in [-0.05, 0) is 48.5 Å². The van der Waals surface area contributed by atoms with Crippen molar-refractivity contribution in [1.82, 2.24) is 0 Å². The molecule has 0 aliphatic heterocycles. The second kappa shape index (κ2) is 9.29. The second-order valence-electron chi connectivity index (χ2n) is 6.31. The molecule has 3 N–H and O–H groups in total. The van der Waals surface area contributed by atoms with Gasteiger partial charge in [0.05, 0.1) is 26.9 Å². The normalized spacial score (nSPS) is 11.8. The fourth-order valence-electron chi connectivity index (χ4n) is 2.45. The third-order valence-electron chi connectivity index (χ3n) is 4.05. The molecule has 33 heavy (non-hydrogen) atoms. The first-order valence-corrected chi connectivity index (χ1v) is 10.2. The molecule has 14 heteroatoms. The second-order valence-corrected chi connectivity index (χ2v) is 7.73. The predicted octanol–water partition coefficient (Wildman–Crippen LogP) is 5.08. The number of carboxylic acid groups (broad SMARTS) is 1. The summed E-state index contributed by atoms with van der Waals surface area (Å²) in [5, 5.41) is 45.6. The molecular weight excluding hydrogens is 458 g/mol. The van der Waals surface area contributed by atoms with E-state index in [1.807, 2.05) is 0 Å². The molecule has 0 aliphatic carbocycles. The third-order valence-corrected chi connectivity index (χ3v) is 4.92. The van der Waals surface area contributed by atoms with Crippen LogP contribution < -0.4 is 0 Å². The van der Waals surface area contributed by atoms with Crippen LogP contribution >= 0.6 is 0 Å². The van der Waals surface area contributed by atoms with E-state index in [9.17, 15) is 33.5 Å². The van der Waals surface area contributed by atoms with Crippen molar-refractivity contribution in [2.75, 3.05) is 0 Å². The van der Waals surface area contributed by atoms with E-state index in [0.717, 1.165) is 18.2 Å². The van der Waals surface area contributed by atoms with Gasteiger partial charge in [-0.25, -0.2) is 4.79 Å². The lowest BCUT2D eigenvalue weighted by Crippen LogP contribution is -1.96. The van der Waals surface area contributed by atoms with Gasteiger partial charge in [0.2, 0.25) is 0 Å². The number of rotatable bonds is 7. The molecule has 3 aromatic carbocycles. The van der Waals surface area contributed by atoms with Crippen LogP contribution in [0.25, 0.3) is 0 Å². The zero-order valence-corrected chi connectivity index (χ0v) is 17.1. The molecule has 13 nitrogen and oxygen atoms in total. The van der Waals surface area contributed by atoms with Crippen molar-refractivity contribution in [3.8, 4) is 5.75 Å². The number of nitrogens with zero attached hydrogens (tertiary/aromatic N) is 5. The Hall–Kier alpha value is -4.56. The number of phenols is 1. The summed E-state index contributed by atoms with van der Waals surface area (Å²) in [7, 11) is -4.37. The molecule has 0 amide bonds. The number of hydrogen-bond donors (Lipinski definition) is 3. The van der Waals surface area contributed by atoms with Gasteiger partial charge >= 0.3 is 5.97 Å². The summed E-state index contributed by atoms with van der Waals surface area (Å²) in [6, 6.07) is 12.0. The van der Waals surface area contributed by atoms with Gasteiger partial charge in [-0.1, -0.05) is 0 Å². The Morgan fingerprint density at radius 3 is 1.88 bits per heavy atom. The number of benzene rings is 3. The summed E-state index contributed by atoms with van der Waals surface area (Å²) < 4.78 is 31.1. The highest BCUT2D eigenvalue weighted by atomic mass is 32.2. The average molecular weight is 471 g/mol. The summed E-state index contributed by atoms with van der Waals surface area (Å²) in [6.45, 7) is 0. The molecule has 0 aliphatic rings. The van der Waals surface area contributed by atoms with Crippen LogP contribution in [0.15, 0.2) is 86.0 Å². The first-order chi connectivity index (χ1) is 15.5. The number of carboxylic acids is 1. The number of aromatic hydroxyl groups is 1. The minimum atomic E-state index is -4.37. The molecule has 0 saturated heterocycles. The van der Waals surface area contributed by atoms with E-state index in [4.69, 9.17) is 4.55 Å². The lowest BCUT2D eigenvalue weighted by atomic mass is 10.1. The molecule has 0 unspecified atom stereocenters. The van der Waals surface area contributed by atoms with Crippen LogP contribution in [0.4, 0.5) is 28.4 Å². The predicted molar refractivity (Wildman–Crippen MR) is 113 cm³/mol. The van der Waals surface area contributed by atoms with Crippen LogP contribution in [0.2, 0.25) is 0 Å². The highest BCUT2D eigenvalue weighted by Crippen LogP contribution is 2.37. The van der Waals surface area contributed by atoms with Gasteiger partial charge < -0.3 is 10.2 Å². The molecule has 0 radical (unpaired) electrons. The lowest BCUT2D eigenvalue weighted by molar-refractivity contribution is -0.384. The average Bonchev–Trinajstić information content (AvgIpc) is 2.77. The molecule has 0 saturated carbocycles. The zero-order valence-electron chi connectivity index (χ0n) is 16.3. The Balaban J connectivity index is 1.92. The Bertz CT molecular complexity index is 1380. The summed E-state index contributed by atoms with van der Waals surface area (Å²) in [5.74, 6) is -2.14. The molecule has 0 spiro atoms. The lowest BCUT2D eigenvalue weighted by Gasteiger charge is -2.04. The Kier molecular flexibility index (Phi) is 6.51. The number of azo groups is 2. The quantitative estimate of drug-likeness (QED) is 0.183. The van der Waals surface area contributed by atoms with E-state index in [1.54, 1.807) is 0 Å². The third kappa shape index (κ3) is 5.78. The van der Waals surface area contributed by atoms with E-state index in [0.29, 0.717) is 0 Å². The number of aromatic carboxylic acids is 1. The maximum Gasteiger partial charge on any atom is 0.339 e. The SMILES string of the molecule is O=C(O)c1cc(N=Nc2ccc(S(=O)(=O)O)cc2)cc(N=Nc2ccc([N+](=O)[O-])cc2)c1O. The smallest absolute Gasteiger partial charge is 0.339 e. The molecule has 0 bridgehead atoms. The highest BCUT2D eigenvalue weighted by molar-refractivity contribution is 7.85. The minimum absolute atomic E-state index is 0.0123. The van der Waals surface area contributed by atoms with Gasteiger partial charge in [-0.2, -0.15) is 23.8 Å². The molecule has 0 atom stereocenters. The van der Waals surface area contributed by atoms with Crippen LogP contribution in [-0.2, 0) is 10.1 Å². The maximum absolute atomic E-state index is 11.5. The van der Waals surface area contributed by atoms with Crippen molar-refractivity contribution in [3.05, 3.63) is 76.3 Å². The van der Waals surface area contributed by atoms with E-state index in [1.165, 1.54) is 42.5 Å². The van der Waals surface area contributed by atoms with Crippen LogP contribution in [0.3, 0.4) is 0 Å². The van der Waals surface area contributed by atoms with Gasteiger partial charge in [-0.15, -0.1) is 5.11 Å². The monoisotopic (exact) mass is 471 g/mol. The van der Waals surface area contributed by atoms with E-state index in [2.05, 4.69) is 20.5 Å². The van der Waals surface area contributed by atoms with Crippen molar-refractivity contribution in [1.29, 1.82) is 0 Å². The van der Waals surface area contributed by atoms with E-state index < -0.39 is 32.3 Å². The van der Waals surface area contributed by atoms with Gasteiger partial charge in [0.25, 0.3) is 15.8 Å². The highest BCUT2D eigenvalue weighted by Gasteiger charge is 2.16. The molecule has 0 fully saturated rings. The fourth-order valence-corrected chi connectivity index (χ4v) is 2.93. The van der Waals surface area contributed by atoms with Crippen LogP contribution in [0.1, 0.15) is 10.4 Å². The van der Waals surface area contributed by atoms with Crippen LogP contribution in [0.5, 0.6) is 5.75 Å². The topological polar surface area (TPSA) is 204 Å². The largest absolute Gasteiger partial charge is 0.505 e. The number of nitro benzene ring substituents is 1. The maximum atomic E-state index is 11.5. The molecular formula is C19H13N5O8S. The molecule has 3 rings (SSSR count). The Morgan fingerprint density at radius 2 is 1.36 bits per heavy atom. The van der Waals surface area contributed by atoms with Crippen LogP contribution in [0, 0.1) is 10.1 Å². The molecule has 3 aromatic rings. The van der Waals surface area contributed by atoms with Crippen molar-refractivity contribution in [2.24, 2.45) is 20.5 Å². The van der Waals surface area contributed by atoms with Gasteiger partial charge in [0, 0.05) is 12.1 Å². The Morgan fingerprint density at radius 1 is 0.848 bits per heavy atom. The minimum Gasteiger partial charge on any atom is -0.505 e. The van der Waals surface area contributed by atoms with E-state index in [-0.39, 0.29) is 33.3 Å². The molecule has 0 aromatic heterocycles. The standard InChI is InChI=1S/C19H13N5O8S/c25-18-16(19(26)27)9-13(22-20-12-3-7-15(8-4-12)33(30,31)32)10-17(18)23-21-11-1-5-14(6-2-11)24(28)29/h1-10,25H,(H,26,27)(H,30,31,32). The first-order valence-electron chi connectivity index (χ1n) is 8.80. The van der Waals surface area contributed by atoms with Crippen LogP contribution in [-0.4, -0.2) is 34.1 Å². The van der Waals surface area contributed by atoms with Gasteiger partial charge in [0.15, 0.2) is 5.75 Å². The summed E-state index contributed by atoms with van der Waals surface area (Å²) >= 11 is 0. The van der Waals surface area contributed by atoms with Crippen molar-refractivity contribution >= 4 is 44.5 Å². The van der Waals surface area contributed by atoms with Gasteiger partial charge in [0.1, 0.15) is 11.3 Å².